The number of aromatic nitrogens is 4. The van der Waals surface area contributed by atoms with Gasteiger partial charge in [-0.05, 0) is 48.5 Å². The highest BCUT2D eigenvalue weighted by molar-refractivity contribution is 6.00. The summed E-state index contributed by atoms with van der Waals surface area (Å²) in [5, 5.41) is 5.38. The van der Waals surface area contributed by atoms with Gasteiger partial charge < -0.3 is 26.1 Å². The van der Waals surface area contributed by atoms with Crippen LogP contribution in [0.25, 0.3) is 22.6 Å². The van der Waals surface area contributed by atoms with Gasteiger partial charge in [0.25, 0.3) is 0 Å². The number of ether oxygens (including phenoxy) is 1. The topological polar surface area (TPSA) is 131 Å². The van der Waals surface area contributed by atoms with E-state index < -0.39 is 11.8 Å². The molecule has 4 aromatic rings. The van der Waals surface area contributed by atoms with Gasteiger partial charge in [-0.1, -0.05) is 20.8 Å². The van der Waals surface area contributed by atoms with E-state index in [2.05, 4.69) is 25.6 Å². The first-order chi connectivity index (χ1) is 16.6. The summed E-state index contributed by atoms with van der Waals surface area (Å²) in [6.07, 6.45) is 1.54. The predicted octanol–water partition coefficient (Wildman–Crippen LogP) is 5.21. The smallest absolute Gasteiger partial charge is 0.323 e. The van der Waals surface area contributed by atoms with Crippen LogP contribution in [0.2, 0.25) is 0 Å². The van der Waals surface area contributed by atoms with Crippen LogP contribution in [0, 0.1) is 5.82 Å². The van der Waals surface area contributed by atoms with E-state index in [1.807, 2.05) is 20.8 Å². The summed E-state index contributed by atoms with van der Waals surface area (Å²) in [7, 11) is 1.56. The monoisotopic (exact) mass is 475 g/mol. The maximum atomic E-state index is 14.6. The number of methoxy groups -OCH3 is 1. The van der Waals surface area contributed by atoms with Gasteiger partial charge in [0, 0.05) is 28.6 Å². The second-order valence-electron chi connectivity index (χ2n) is 8.90. The normalized spacial score (nSPS) is 11.2. The van der Waals surface area contributed by atoms with Crippen LogP contribution in [-0.4, -0.2) is 33.1 Å². The van der Waals surface area contributed by atoms with E-state index in [0.29, 0.717) is 39.9 Å². The molecule has 0 spiro atoms. The molecule has 0 saturated carbocycles. The van der Waals surface area contributed by atoms with Crippen molar-refractivity contribution < 1.29 is 13.9 Å². The number of nitrogens with one attached hydrogen (secondary N) is 3. The summed E-state index contributed by atoms with van der Waals surface area (Å²) in [6, 6.07) is 12.3. The number of H-pyrrole nitrogens is 1. The molecule has 4 rings (SSSR count). The first-order valence-corrected chi connectivity index (χ1v) is 10.8. The standard InChI is InChI=1S/C25H26FN7O2/c1-25(2,3)22-32-20(21(33-22)19-9-10-28-23(27)31-19)14-11-15(26)13-17(12-14)30-24(34)29-16-5-7-18(35-4)8-6-16/h5-13H,1-4H3,(H,32,33)(H2,27,28,31)(H2,29,30,34). The number of hydrogen-bond donors (Lipinski definition) is 4. The third kappa shape index (κ3) is 5.55. The number of nitrogens with zero attached hydrogens (tertiary/aromatic N) is 3. The van der Waals surface area contributed by atoms with Crippen molar-refractivity contribution in [2.75, 3.05) is 23.5 Å². The highest BCUT2D eigenvalue weighted by atomic mass is 19.1. The first kappa shape index (κ1) is 23.7. The van der Waals surface area contributed by atoms with Crippen LogP contribution >= 0.6 is 0 Å². The Labute approximate surface area is 202 Å². The van der Waals surface area contributed by atoms with Gasteiger partial charge in [0.1, 0.15) is 17.4 Å². The zero-order chi connectivity index (χ0) is 25.2. The number of imidazole rings is 1. The molecule has 10 heteroatoms. The van der Waals surface area contributed by atoms with Crippen LogP contribution in [0.1, 0.15) is 26.6 Å². The minimum atomic E-state index is -0.532. The van der Waals surface area contributed by atoms with E-state index in [-0.39, 0.29) is 17.1 Å². The molecule has 35 heavy (non-hydrogen) atoms. The zero-order valence-electron chi connectivity index (χ0n) is 19.8. The van der Waals surface area contributed by atoms with E-state index in [0.717, 1.165) is 0 Å². The largest absolute Gasteiger partial charge is 0.497 e. The minimum Gasteiger partial charge on any atom is -0.497 e. The van der Waals surface area contributed by atoms with Gasteiger partial charge in [0.2, 0.25) is 5.95 Å². The molecule has 0 unspecified atom stereocenters. The summed E-state index contributed by atoms with van der Waals surface area (Å²) in [5.41, 5.74) is 8.33. The molecule has 0 atom stereocenters. The lowest BCUT2D eigenvalue weighted by Gasteiger charge is -2.14. The van der Waals surface area contributed by atoms with E-state index >= 15 is 0 Å². The Morgan fingerprint density at radius 3 is 2.40 bits per heavy atom. The molecule has 2 heterocycles. The highest BCUT2D eigenvalue weighted by Gasteiger charge is 2.24. The summed E-state index contributed by atoms with van der Waals surface area (Å²) >= 11 is 0. The molecule has 0 aliphatic rings. The third-order valence-electron chi connectivity index (χ3n) is 5.12. The number of hydrogen-bond acceptors (Lipinski definition) is 6. The summed E-state index contributed by atoms with van der Waals surface area (Å²) < 4.78 is 19.8. The number of carbonyl (C=O) groups is 1. The molecule has 0 aliphatic carbocycles. The van der Waals surface area contributed by atoms with Crippen LogP contribution in [0.15, 0.2) is 54.7 Å². The number of urea groups is 1. The van der Waals surface area contributed by atoms with Crippen molar-refractivity contribution in [3.8, 4) is 28.4 Å². The fourth-order valence-corrected chi connectivity index (χ4v) is 3.40. The van der Waals surface area contributed by atoms with Crippen LogP contribution in [0.3, 0.4) is 0 Å². The van der Waals surface area contributed by atoms with Crippen molar-refractivity contribution in [1.29, 1.82) is 0 Å². The molecule has 0 saturated heterocycles. The Bertz CT molecular complexity index is 1360. The van der Waals surface area contributed by atoms with Crippen molar-refractivity contribution in [3.63, 3.8) is 0 Å². The lowest BCUT2D eigenvalue weighted by molar-refractivity contribution is 0.262. The average molecular weight is 476 g/mol. The Kier molecular flexibility index (Phi) is 6.37. The number of rotatable bonds is 5. The number of aromatic amines is 1. The van der Waals surface area contributed by atoms with E-state index in [9.17, 15) is 9.18 Å². The van der Waals surface area contributed by atoms with Crippen LogP contribution in [-0.2, 0) is 5.41 Å². The number of anilines is 3. The Hall–Kier alpha value is -4.47. The van der Waals surface area contributed by atoms with Crippen LogP contribution in [0.4, 0.5) is 26.5 Å². The lowest BCUT2D eigenvalue weighted by atomic mass is 9.96. The fraction of sp³-hybridized carbons (Fsp3) is 0.200. The fourth-order valence-electron chi connectivity index (χ4n) is 3.40. The molecule has 0 fully saturated rings. The second kappa shape index (κ2) is 9.41. The quantitative estimate of drug-likeness (QED) is 0.314. The summed E-state index contributed by atoms with van der Waals surface area (Å²) in [6.45, 7) is 6.03. The first-order valence-electron chi connectivity index (χ1n) is 10.8. The van der Waals surface area contributed by atoms with Gasteiger partial charge in [-0.15, -0.1) is 0 Å². The minimum absolute atomic E-state index is 0.108. The number of carbonyl (C=O) groups excluding carboxylic acids is 1. The maximum Gasteiger partial charge on any atom is 0.323 e. The molecule has 2 aromatic carbocycles. The van der Waals surface area contributed by atoms with Crippen LogP contribution in [0.5, 0.6) is 5.75 Å². The SMILES string of the molecule is COc1ccc(NC(=O)Nc2cc(F)cc(-c3nc(C(C)(C)C)[nH]c3-c3ccnc(N)n3)c2)cc1. The number of halogens is 1. The Morgan fingerprint density at radius 1 is 1.03 bits per heavy atom. The summed E-state index contributed by atoms with van der Waals surface area (Å²) in [4.78, 5) is 28.8. The number of nitrogen functional groups attached to an aromatic ring is 1. The molecule has 2 amide bonds. The summed E-state index contributed by atoms with van der Waals surface area (Å²) in [5.74, 6) is 0.934. The average Bonchev–Trinajstić information content (AvgIpc) is 3.25. The van der Waals surface area contributed by atoms with Crippen molar-refractivity contribution in [2.45, 2.75) is 26.2 Å². The molecule has 0 aliphatic heterocycles. The van der Waals surface area contributed by atoms with E-state index in [1.165, 1.54) is 12.1 Å². The predicted molar refractivity (Wildman–Crippen MR) is 134 cm³/mol. The molecule has 2 aromatic heterocycles. The Morgan fingerprint density at radius 2 is 1.74 bits per heavy atom. The number of amides is 2. The van der Waals surface area contributed by atoms with E-state index in [1.54, 1.807) is 49.7 Å². The highest BCUT2D eigenvalue weighted by Crippen LogP contribution is 2.34. The molecule has 180 valence electrons. The van der Waals surface area contributed by atoms with E-state index in [4.69, 9.17) is 15.5 Å². The zero-order valence-corrected chi connectivity index (χ0v) is 19.8. The molecular weight excluding hydrogens is 449 g/mol. The maximum absolute atomic E-state index is 14.6. The van der Waals surface area contributed by atoms with Crippen molar-refractivity contribution in [2.24, 2.45) is 0 Å². The second-order valence-corrected chi connectivity index (χ2v) is 8.90. The van der Waals surface area contributed by atoms with Gasteiger partial charge in [0.05, 0.1) is 24.2 Å². The lowest BCUT2D eigenvalue weighted by Crippen LogP contribution is -2.19. The van der Waals surface area contributed by atoms with Gasteiger partial charge in [-0.3, -0.25) is 0 Å². The number of nitrogens with two attached hydrogens (primary N) is 1. The van der Waals surface area contributed by atoms with Crippen molar-refractivity contribution in [1.82, 2.24) is 19.9 Å². The molecule has 5 N–H and O–H groups in total. The number of benzene rings is 2. The van der Waals surface area contributed by atoms with Gasteiger partial charge in [0.15, 0.2) is 0 Å². The third-order valence-corrected chi connectivity index (χ3v) is 5.12. The van der Waals surface area contributed by atoms with Gasteiger partial charge >= 0.3 is 6.03 Å². The molecule has 0 bridgehead atoms. The van der Waals surface area contributed by atoms with Crippen LogP contribution < -0.4 is 21.1 Å². The van der Waals surface area contributed by atoms with Gasteiger partial charge in [-0.2, -0.15) is 0 Å². The van der Waals surface area contributed by atoms with Crippen molar-refractivity contribution >= 4 is 23.4 Å². The Balaban J connectivity index is 1.67. The van der Waals surface area contributed by atoms with Crippen molar-refractivity contribution in [3.05, 3.63) is 66.4 Å². The molecular formula is C25H26FN7O2. The molecule has 0 radical (unpaired) electrons. The van der Waals surface area contributed by atoms with Gasteiger partial charge in [-0.25, -0.2) is 24.1 Å². The molecule has 9 nitrogen and oxygen atoms in total.